The predicted octanol–water partition coefficient (Wildman–Crippen LogP) is 3.82. The molecule has 0 aromatic carbocycles. The van der Waals surface area contributed by atoms with Crippen molar-refractivity contribution >= 4 is 38.6 Å². The molecule has 2 aromatic heterocycles. The summed E-state index contributed by atoms with van der Waals surface area (Å²) in [4.78, 5) is 4.33. The third kappa shape index (κ3) is 3.11. The third-order valence-electron chi connectivity index (χ3n) is 2.06. The highest BCUT2D eigenvalue weighted by Gasteiger charge is 2.08. The van der Waals surface area contributed by atoms with Gasteiger partial charge in [0.15, 0.2) is 0 Å². The van der Waals surface area contributed by atoms with Crippen LogP contribution in [0, 0.1) is 0 Å². The molecule has 5 heteroatoms. The predicted molar refractivity (Wildman–Crippen MR) is 69.4 cm³/mol. The van der Waals surface area contributed by atoms with E-state index < -0.39 is 0 Å². The van der Waals surface area contributed by atoms with Crippen LogP contribution >= 0.6 is 38.6 Å². The van der Waals surface area contributed by atoms with Gasteiger partial charge < -0.3 is 5.32 Å². The topological polar surface area (TPSA) is 24.9 Å². The molecule has 0 aliphatic rings. The molecular weight excluding hydrogens is 292 g/mol. The van der Waals surface area contributed by atoms with Crippen LogP contribution in [0.15, 0.2) is 26.8 Å². The van der Waals surface area contributed by atoms with Crippen molar-refractivity contribution < 1.29 is 0 Å². The molecule has 2 rings (SSSR count). The fourth-order valence-corrected chi connectivity index (χ4v) is 3.16. The van der Waals surface area contributed by atoms with Gasteiger partial charge in [-0.1, -0.05) is 0 Å². The summed E-state index contributed by atoms with van der Waals surface area (Å²) >= 11 is 6.83. The third-order valence-corrected chi connectivity index (χ3v) is 4.45. The van der Waals surface area contributed by atoms with Crippen LogP contribution in [0.2, 0.25) is 0 Å². The van der Waals surface area contributed by atoms with E-state index in [2.05, 4.69) is 50.0 Å². The summed E-state index contributed by atoms with van der Waals surface area (Å²) in [6.45, 7) is 3.04. The molecule has 2 aromatic rings. The molecule has 0 saturated carbocycles. The molecule has 1 unspecified atom stereocenters. The van der Waals surface area contributed by atoms with E-state index in [1.807, 2.05) is 6.20 Å². The molecule has 0 radical (unpaired) electrons. The van der Waals surface area contributed by atoms with Crippen LogP contribution in [-0.2, 0) is 6.54 Å². The minimum atomic E-state index is 0.307. The molecule has 80 valence electrons. The largest absolute Gasteiger partial charge is 0.304 e. The molecule has 2 nitrogen and oxygen atoms in total. The smallest absolute Gasteiger partial charge is 0.110 e. The van der Waals surface area contributed by atoms with E-state index >= 15 is 0 Å². The Hall–Kier alpha value is -0.230. The van der Waals surface area contributed by atoms with Crippen LogP contribution in [-0.4, -0.2) is 4.98 Å². The Morgan fingerprint density at radius 2 is 2.47 bits per heavy atom. The number of halogens is 1. The standard InChI is InChI=1S/C10H11BrN2S2/c1-7(10-13-5-9(11)15-10)12-4-8-2-3-14-6-8/h2-3,5-7,12H,4H2,1H3. The molecule has 0 saturated heterocycles. The van der Waals surface area contributed by atoms with Gasteiger partial charge in [-0.25, -0.2) is 4.98 Å². The lowest BCUT2D eigenvalue weighted by Gasteiger charge is -2.09. The van der Waals surface area contributed by atoms with Crippen molar-refractivity contribution in [1.29, 1.82) is 0 Å². The SMILES string of the molecule is CC(NCc1ccsc1)c1ncc(Br)s1. The van der Waals surface area contributed by atoms with E-state index in [-0.39, 0.29) is 0 Å². The normalized spacial score (nSPS) is 12.9. The molecule has 0 amide bonds. The fourth-order valence-electron chi connectivity index (χ4n) is 1.22. The average Bonchev–Trinajstić information content (AvgIpc) is 2.84. The Morgan fingerprint density at radius 3 is 3.07 bits per heavy atom. The van der Waals surface area contributed by atoms with Gasteiger partial charge in [0.25, 0.3) is 0 Å². The maximum absolute atomic E-state index is 4.33. The Labute approximate surface area is 106 Å². The summed E-state index contributed by atoms with van der Waals surface area (Å²) < 4.78 is 1.08. The molecule has 1 N–H and O–H groups in total. The lowest BCUT2D eigenvalue weighted by Crippen LogP contribution is -2.17. The van der Waals surface area contributed by atoms with Crippen molar-refractivity contribution in [3.8, 4) is 0 Å². The zero-order valence-electron chi connectivity index (χ0n) is 8.24. The summed E-state index contributed by atoms with van der Waals surface area (Å²) in [5.74, 6) is 0. The van der Waals surface area contributed by atoms with E-state index in [1.54, 1.807) is 22.7 Å². The summed E-state index contributed by atoms with van der Waals surface area (Å²) in [5, 5.41) is 8.83. The fraction of sp³-hybridized carbons (Fsp3) is 0.300. The summed E-state index contributed by atoms with van der Waals surface area (Å²) in [7, 11) is 0. The first-order valence-corrected chi connectivity index (χ1v) is 7.16. The number of aromatic nitrogens is 1. The highest BCUT2D eigenvalue weighted by molar-refractivity contribution is 9.11. The zero-order chi connectivity index (χ0) is 10.7. The number of hydrogen-bond acceptors (Lipinski definition) is 4. The van der Waals surface area contributed by atoms with Crippen LogP contribution in [0.1, 0.15) is 23.5 Å². The first-order chi connectivity index (χ1) is 7.25. The maximum Gasteiger partial charge on any atom is 0.110 e. The summed E-state index contributed by atoms with van der Waals surface area (Å²) in [5.41, 5.74) is 1.34. The zero-order valence-corrected chi connectivity index (χ0v) is 11.5. The minimum Gasteiger partial charge on any atom is -0.304 e. The van der Waals surface area contributed by atoms with E-state index in [9.17, 15) is 0 Å². The average molecular weight is 303 g/mol. The maximum atomic E-state index is 4.33. The van der Waals surface area contributed by atoms with Crippen molar-refractivity contribution in [1.82, 2.24) is 10.3 Å². The number of nitrogens with zero attached hydrogens (tertiary/aromatic N) is 1. The monoisotopic (exact) mass is 302 g/mol. The van der Waals surface area contributed by atoms with Crippen molar-refractivity contribution in [3.05, 3.63) is 37.4 Å². The van der Waals surface area contributed by atoms with Crippen molar-refractivity contribution in [3.63, 3.8) is 0 Å². The Kier molecular flexibility index (Phi) is 3.91. The van der Waals surface area contributed by atoms with E-state index in [0.717, 1.165) is 15.3 Å². The highest BCUT2D eigenvalue weighted by atomic mass is 79.9. The Bertz CT molecular complexity index is 411. The molecule has 15 heavy (non-hydrogen) atoms. The second-order valence-corrected chi connectivity index (χ2v) is 6.46. The van der Waals surface area contributed by atoms with E-state index in [1.165, 1.54) is 5.56 Å². The first kappa shape index (κ1) is 11.3. The van der Waals surface area contributed by atoms with Gasteiger partial charge in [0.1, 0.15) is 5.01 Å². The molecule has 2 heterocycles. The van der Waals surface area contributed by atoms with Crippen molar-refractivity contribution in [2.45, 2.75) is 19.5 Å². The Morgan fingerprint density at radius 1 is 1.60 bits per heavy atom. The lowest BCUT2D eigenvalue weighted by molar-refractivity contribution is 0.572. The molecule has 0 aliphatic heterocycles. The number of nitrogens with one attached hydrogen (secondary N) is 1. The molecule has 0 spiro atoms. The Balaban J connectivity index is 1.90. The number of thiophene rings is 1. The number of thiazole rings is 1. The van der Waals surface area contributed by atoms with Gasteiger partial charge in [-0.3, -0.25) is 0 Å². The number of hydrogen-bond donors (Lipinski definition) is 1. The second-order valence-electron chi connectivity index (χ2n) is 3.24. The molecule has 0 bridgehead atoms. The van der Waals surface area contributed by atoms with Crippen molar-refractivity contribution in [2.75, 3.05) is 0 Å². The van der Waals surface area contributed by atoms with Crippen LogP contribution in [0.5, 0.6) is 0 Å². The van der Waals surface area contributed by atoms with Gasteiger partial charge in [0.2, 0.25) is 0 Å². The van der Waals surface area contributed by atoms with Crippen LogP contribution in [0.25, 0.3) is 0 Å². The quantitative estimate of drug-likeness (QED) is 0.929. The summed E-state index contributed by atoms with van der Waals surface area (Å²) in [6, 6.07) is 2.45. The van der Waals surface area contributed by atoms with Crippen LogP contribution in [0.3, 0.4) is 0 Å². The van der Waals surface area contributed by atoms with E-state index in [4.69, 9.17) is 0 Å². The molecular formula is C10H11BrN2S2. The first-order valence-electron chi connectivity index (χ1n) is 4.61. The summed E-state index contributed by atoms with van der Waals surface area (Å²) in [6.07, 6.45) is 1.85. The van der Waals surface area contributed by atoms with Gasteiger partial charge in [-0.05, 0) is 45.2 Å². The van der Waals surface area contributed by atoms with Crippen molar-refractivity contribution in [2.24, 2.45) is 0 Å². The van der Waals surface area contributed by atoms with Gasteiger partial charge in [-0.2, -0.15) is 11.3 Å². The molecule has 1 atom stereocenters. The van der Waals surface area contributed by atoms with E-state index in [0.29, 0.717) is 6.04 Å². The van der Waals surface area contributed by atoms with Gasteiger partial charge >= 0.3 is 0 Å². The van der Waals surface area contributed by atoms with Gasteiger partial charge in [0.05, 0.1) is 16.0 Å². The molecule has 0 aliphatic carbocycles. The molecule has 0 fully saturated rings. The van der Waals surface area contributed by atoms with Crippen LogP contribution in [0.4, 0.5) is 0 Å². The minimum absolute atomic E-state index is 0.307. The second kappa shape index (κ2) is 5.21. The van der Waals surface area contributed by atoms with Gasteiger partial charge in [-0.15, -0.1) is 11.3 Å². The lowest BCUT2D eigenvalue weighted by atomic mass is 10.3. The highest BCUT2D eigenvalue weighted by Crippen LogP contribution is 2.24. The van der Waals surface area contributed by atoms with Crippen LogP contribution < -0.4 is 5.32 Å². The van der Waals surface area contributed by atoms with Gasteiger partial charge in [0, 0.05) is 6.54 Å². The number of rotatable bonds is 4.